The molecule has 0 aromatic carbocycles. The third-order valence-corrected chi connectivity index (χ3v) is 4.36. The molecular weight excluding hydrogens is 333 g/mol. The molecule has 0 radical (unpaired) electrons. The molecule has 1 N–H and O–H groups in total. The fourth-order valence-corrected chi connectivity index (χ4v) is 3.14. The SMILES string of the molecule is CN1C(=O)C[C@@H](CNc2ccnc(C(F)(F)F)c2)[C@@H]1c1ccncc1. The van der Waals surface area contributed by atoms with Crippen molar-refractivity contribution in [2.75, 3.05) is 18.9 Å². The summed E-state index contributed by atoms with van der Waals surface area (Å²) in [5.74, 6) is -0.0401. The Balaban J connectivity index is 1.75. The molecule has 0 bridgehead atoms. The van der Waals surface area contributed by atoms with Crippen LogP contribution in [0.1, 0.15) is 23.7 Å². The number of rotatable bonds is 4. The van der Waals surface area contributed by atoms with Crippen LogP contribution in [0.5, 0.6) is 0 Å². The molecule has 2 aromatic heterocycles. The van der Waals surface area contributed by atoms with Gasteiger partial charge in [0.15, 0.2) is 0 Å². The van der Waals surface area contributed by atoms with E-state index in [0.29, 0.717) is 18.7 Å². The van der Waals surface area contributed by atoms with E-state index in [2.05, 4.69) is 15.3 Å². The molecule has 0 saturated carbocycles. The lowest BCUT2D eigenvalue weighted by Crippen LogP contribution is -2.26. The maximum Gasteiger partial charge on any atom is 0.433 e. The van der Waals surface area contributed by atoms with Gasteiger partial charge >= 0.3 is 6.18 Å². The molecule has 3 heterocycles. The number of likely N-dealkylation sites (tertiary alicyclic amines) is 1. The second-order valence-electron chi connectivity index (χ2n) is 6.00. The summed E-state index contributed by atoms with van der Waals surface area (Å²) in [6.45, 7) is 0.379. The molecule has 132 valence electrons. The van der Waals surface area contributed by atoms with Gasteiger partial charge in [-0.25, -0.2) is 0 Å². The number of hydrogen-bond acceptors (Lipinski definition) is 4. The van der Waals surface area contributed by atoms with Gasteiger partial charge in [0.25, 0.3) is 0 Å². The van der Waals surface area contributed by atoms with Gasteiger partial charge in [0.1, 0.15) is 5.69 Å². The predicted octanol–water partition coefficient (Wildman–Crippen LogP) is 3.13. The smallest absolute Gasteiger partial charge is 0.385 e. The maximum atomic E-state index is 12.7. The lowest BCUT2D eigenvalue weighted by atomic mass is 9.94. The van der Waals surface area contributed by atoms with Crippen LogP contribution < -0.4 is 5.32 Å². The van der Waals surface area contributed by atoms with Gasteiger partial charge in [0.05, 0.1) is 6.04 Å². The van der Waals surface area contributed by atoms with Crippen molar-refractivity contribution < 1.29 is 18.0 Å². The van der Waals surface area contributed by atoms with Gasteiger partial charge in [-0.3, -0.25) is 14.8 Å². The molecule has 25 heavy (non-hydrogen) atoms. The first-order valence-electron chi connectivity index (χ1n) is 7.79. The van der Waals surface area contributed by atoms with Gasteiger partial charge in [-0.1, -0.05) is 0 Å². The summed E-state index contributed by atoms with van der Waals surface area (Å²) in [4.78, 5) is 21.1. The van der Waals surface area contributed by atoms with E-state index in [9.17, 15) is 18.0 Å². The van der Waals surface area contributed by atoms with Crippen LogP contribution in [0.3, 0.4) is 0 Å². The molecule has 5 nitrogen and oxygen atoms in total. The van der Waals surface area contributed by atoms with Gasteiger partial charge in [-0.05, 0) is 29.8 Å². The first-order valence-corrected chi connectivity index (χ1v) is 7.79. The Morgan fingerprint density at radius 3 is 2.64 bits per heavy atom. The van der Waals surface area contributed by atoms with E-state index in [1.54, 1.807) is 24.3 Å². The molecule has 0 spiro atoms. The van der Waals surface area contributed by atoms with Crippen molar-refractivity contribution in [3.63, 3.8) is 0 Å². The van der Waals surface area contributed by atoms with Crippen LogP contribution in [0.25, 0.3) is 0 Å². The average molecular weight is 350 g/mol. The molecule has 1 aliphatic heterocycles. The lowest BCUT2D eigenvalue weighted by molar-refractivity contribution is -0.141. The number of carbonyl (C=O) groups excluding carboxylic acids is 1. The number of pyridine rings is 2. The quantitative estimate of drug-likeness (QED) is 0.920. The van der Waals surface area contributed by atoms with Crippen LogP contribution in [-0.2, 0) is 11.0 Å². The summed E-state index contributed by atoms with van der Waals surface area (Å²) in [7, 11) is 1.74. The zero-order valence-corrected chi connectivity index (χ0v) is 13.5. The first kappa shape index (κ1) is 17.2. The van der Waals surface area contributed by atoms with Crippen molar-refractivity contribution in [2.45, 2.75) is 18.6 Å². The second-order valence-corrected chi connectivity index (χ2v) is 6.00. The number of carbonyl (C=O) groups is 1. The topological polar surface area (TPSA) is 58.1 Å². The standard InChI is InChI=1S/C17H17F3N4O/c1-24-15(25)8-12(16(24)11-2-5-21-6-3-11)10-23-13-4-7-22-14(9-13)17(18,19)20/h2-7,9,12,16H,8,10H2,1H3,(H,22,23)/t12-,16-/m0/s1. The third-order valence-electron chi connectivity index (χ3n) is 4.36. The fourth-order valence-electron chi connectivity index (χ4n) is 3.14. The highest BCUT2D eigenvalue weighted by Gasteiger charge is 2.38. The van der Waals surface area contributed by atoms with Crippen LogP contribution >= 0.6 is 0 Å². The van der Waals surface area contributed by atoms with E-state index in [1.165, 1.54) is 6.07 Å². The van der Waals surface area contributed by atoms with E-state index in [-0.39, 0.29) is 17.9 Å². The number of nitrogens with zero attached hydrogens (tertiary/aromatic N) is 3. The second kappa shape index (κ2) is 6.70. The molecule has 3 rings (SSSR count). The first-order chi connectivity index (χ1) is 11.9. The minimum absolute atomic E-state index is 0.0133. The average Bonchev–Trinajstić information content (AvgIpc) is 2.88. The van der Waals surface area contributed by atoms with Gasteiger partial charge < -0.3 is 10.2 Å². The molecule has 8 heteroatoms. The number of anilines is 1. The van der Waals surface area contributed by atoms with Crippen molar-refractivity contribution in [3.8, 4) is 0 Å². The van der Waals surface area contributed by atoms with Gasteiger partial charge in [0, 0.05) is 50.2 Å². The van der Waals surface area contributed by atoms with Crippen molar-refractivity contribution in [3.05, 3.63) is 54.1 Å². The van der Waals surface area contributed by atoms with Crippen LogP contribution in [0.4, 0.5) is 18.9 Å². The van der Waals surface area contributed by atoms with E-state index in [1.807, 2.05) is 12.1 Å². The highest BCUT2D eigenvalue weighted by atomic mass is 19.4. The molecule has 1 fully saturated rings. The molecule has 1 amide bonds. The number of halogens is 3. The Kier molecular flexibility index (Phi) is 4.61. The summed E-state index contributed by atoms with van der Waals surface area (Å²) in [6, 6.07) is 6.02. The van der Waals surface area contributed by atoms with E-state index in [0.717, 1.165) is 17.8 Å². The Morgan fingerprint density at radius 1 is 1.24 bits per heavy atom. The van der Waals surface area contributed by atoms with Crippen LogP contribution in [-0.4, -0.2) is 34.4 Å². The largest absolute Gasteiger partial charge is 0.433 e. The minimum atomic E-state index is -4.49. The van der Waals surface area contributed by atoms with Gasteiger partial charge in [0.2, 0.25) is 5.91 Å². The van der Waals surface area contributed by atoms with E-state index in [4.69, 9.17) is 0 Å². The molecule has 1 aliphatic rings. The molecule has 2 aromatic rings. The fraction of sp³-hybridized carbons (Fsp3) is 0.353. The van der Waals surface area contributed by atoms with Crippen molar-refractivity contribution in [1.82, 2.24) is 14.9 Å². The van der Waals surface area contributed by atoms with Crippen LogP contribution in [0.2, 0.25) is 0 Å². The summed E-state index contributed by atoms with van der Waals surface area (Å²) in [5, 5.41) is 3.01. The molecule has 2 atom stereocenters. The summed E-state index contributed by atoms with van der Waals surface area (Å²) >= 11 is 0. The zero-order valence-electron chi connectivity index (χ0n) is 13.5. The van der Waals surface area contributed by atoms with Crippen LogP contribution in [0, 0.1) is 5.92 Å². The summed E-state index contributed by atoms with van der Waals surface area (Å²) in [5.41, 5.74) is 0.349. The lowest BCUT2D eigenvalue weighted by Gasteiger charge is -2.25. The Bertz CT molecular complexity index is 751. The number of hydrogen-bond donors (Lipinski definition) is 1. The number of nitrogens with one attached hydrogen (secondary N) is 1. The minimum Gasteiger partial charge on any atom is -0.385 e. The predicted molar refractivity (Wildman–Crippen MR) is 85.6 cm³/mol. The number of amides is 1. The molecule has 0 unspecified atom stereocenters. The van der Waals surface area contributed by atoms with E-state index >= 15 is 0 Å². The van der Waals surface area contributed by atoms with Crippen molar-refractivity contribution in [1.29, 1.82) is 0 Å². The Morgan fingerprint density at radius 2 is 1.96 bits per heavy atom. The third kappa shape index (κ3) is 3.72. The molecular formula is C17H17F3N4O. The highest BCUT2D eigenvalue weighted by molar-refractivity contribution is 5.79. The Hall–Kier alpha value is -2.64. The monoisotopic (exact) mass is 350 g/mol. The normalized spacial score (nSPS) is 20.8. The van der Waals surface area contributed by atoms with Crippen LogP contribution in [0.15, 0.2) is 42.9 Å². The summed E-state index contributed by atoms with van der Waals surface area (Å²) in [6.07, 6.45) is 0.301. The molecule has 1 saturated heterocycles. The number of aromatic nitrogens is 2. The van der Waals surface area contributed by atoms with E-state index < -0.39 is 11.9 Å². The zero-order chi connectivity index (χ0) is 18.0. The highest BCUT2D eigenvalue weighted by Crippen LogP contribution is 2.37. The molecule has 0 aliphatic carbocycles. The number of alkyl halides is 3. The van der Waals surface area contributed by atoms with Gasteiger partial charge in [-0.15, -0.1) is 0 Å². The Labute approximate surface area is 142 Å². The van der Waals surface area contributed by atoms with Gasteiger partial charge in [-0.2, -0.15) is 13.2 Å². The summed E-state index contributed by atoms with van der Waals surface area (Å²) < 4.78 is 38.2. The van der Waals surface area contributed by atoms with Crippen molar-refractivity contribution in [2.24, 2.45) is 5.92 Å². The van der Waals surface area contributed by atoms with Crippen molar-refractivity contribution >= 4 is 11.6 Å². The maximum absolute atomic E-state index is 12.7.